The fourth-order valence-electron chi connectivity index (χ4n) is 4.31. The first kappa shape index (κ1) is 24.6. The largest absolute Gasteiger partial charge is 0.507 e. The van der Waals surface area contributed by atoms with Crippen LogP contribution >= 0.6 is 11.3 Å². The molecule has 1 atom stereocenters. The van der Waals surface area contributed by atoms with E-state index in [9.17, 15) is 19.1 Å². The van der Waals surface area contributed by atoms with E-state index in [1.54, 1.807) is 24.3 Å². The molecule has 1 unspecified atom stereocenters. The highest BCUT2D eigenvalue weighted by molar-refractivity contribution is 7.22. The summed E-state index contributed by atoms with van der Waals surface area (Å²) >= 11 is 1.12. The first-order chi connectivity index (χ1) is 17.9. The van der Waals surface area contributed by atoms with E-state index >= 15 is 0 Å². The van der Waals surface area contributed by atoms with Crippen molar-refractivity contribution in [1.29, 1.82) is 0 Å². The number of halogens is 1. The van der Waals surface area contributed by atoms with Gasteiger partial charge in [0, 0.05) is 5.56 Å². The number of ether oxygens (including phenoxy) is 1. The smallest absolute Gasteiger partial charge is 0.301 e. The molecule has 2 heterocycles. The highest BCUT2D eigenvalue weighted by Crippen LogP contribution is 2.44. The molecule has 0 bridgehead atoms. The summed E-state index contributed by atoms with van der Waals surface area (Å²) < 4.78 is 20.1. The van der Waals surface area contributed by atoms with Crippen LogP contribution in [0.5, 0.6) is 5.75 Å². The lowest BCUT2D eigenvalue weighted by Gasteiger charge is -2.23. The number of carbonyl (C=O) groups excluding carboxylic acids is 2. The van der Waals surface area contributed by atoms with E-state index in [0.717, 1.165) is 29.7 Å². The van der Waals surface area contributed by atoms with Crippen LogP contribution in [-0.2, 0) is 9.59 Å². The maximum atomic E-state index is 13.8. The summed E-state index contributed by atoms with van der Waals surface area (Å²) in [5.41, 5.74) is 2.50. The van der Waals surface area contributed by atoms with Crippen LogP contribution in [0.1, 0.15) is 42.5 Å². The summed E-state index contributed by atoms with van der Waals surface area (Å²) in [5, 5.41) is 11.6. The first-order valence-electron chi connectivity index (χ1n) is 12.0. The van der Waals surface area contributed by atoms with Gasteiger partial charge in [0.25, 0.3) is 5.78 Å². The molecule has 6 nitrogen and oxygen atoms in total. The Hall–Kier alpha value is -4.04. The Morgan fingerprint density at radius 3 is 2.65 bits per heavy atom. The molecule has 0 spiro atoms. The van der Waals surface area contributed by atoms with Crippen molar-refractivity contribution in [3.63, 3.8) is 0 Å². The maximum Gasteiger partial charge on any atom is 0.301 e. The van der Waals surface area contributed by atoms with Gasteiger partial charge in [-0.2, -0.15) is 0 Å². The SMILES string of the molecule is CCCCOc1cccc(C(O)=C2C(=O)C(=O)N(c3nc4ccc(F)cc4s3)C2c2ccc(C)cc2)c1. The predicted octanol–water partition coefficient (Wildman–Crippen LogP) is 6.55. The molecule has 1 aromatic heterocycles. The third-order valence-corrected chi connectivity index (χ3v) is 7.27. The van der Waals surface area contributed by atoms with Gasteiger partial charge in [-0.3, -0.25) is 14.5 Å². The first-order valence-corrected chi connectivity index (χ1v) is 12.9. The number of unbranched alkanes of at least 4 members (excludes halogenated alkanes) is 1. The second kappa shape index (κ2) is 10.1. The van der Waals surface area contributed by atoms with Crippen LogP contribution in [-0.4, -0.2) is 28.4 Å². The van der Waals surface area contributed by atoms with Crippen LogP contribution in [0.15, 0.2) is 72.3 Å². The third kappa shape index (κ3) is 4.72. The summed E-state index contributed by atoms with van der Waals surface area (Å²) in [6, 6.07) is 17.5. The number of Topliss-reactive ketones (excluding diaryl/α,β-unsaturated/α-hetero) is 1. The lowest BCUT2D eigenvalue weighted by Crippen LogP contribution is -2.29. The highest BCUT2D eigenvalue weighted by Gasteiger charge is 2.48. The van der Waals surface area contributed by atoms with Gasteiger partial charge in [-0.1, -0.05) is 66.6 Å². The molecule has 188 valence electrons. The monoisotopic (exact) mass is 516 g/mol. The zero-order valence-electron chi connectivity index (χ0n) is 20.4. The number of aryl methyl sites for hydroxylation is 1. The van der Waals surface area contributed by atoms with Crippen molar-refractivity contribution in [2.45, 2.75) is 32.7 Å². The number of rotatable bonds is 7. The van der Waals surface area contributed by atoms with Gasteiger partial charge in [0.1, 0.15) is 17.3 Å². The normalized spacial score (nSPS) is 17.1. The Morgan fingerprint density at radius 2 is 1.89 bits per heavy atom. The Kier molecular flexibility index (Phi) is 6.76. The molecule has 1 N–H and O–H groups in total. The Labute approximate surface area is 217 Å². The number of ketones is 1. The molecule has 0 radical (unpaired) electrons. The van der Waals surface area contributed by atoms with E-state index in [1.165, 1.54) is 23.1 Å². The van der Waals surface area contributed by atoms with Gasteiger partial charge in [-0.15, -0.1) is 0 Å². The number of fused-ring (bicyclic) bond motifs is 1. The van der Waals surface area contributed by atoms with Crippen LogP contribution in [0.3, 0.4) is 0 Å². The minimum Gasteiger partial charge on any atom is -0.507 e. The molecule has 37 heavy (non-hydrogen) atoms. The number of amides is 1. The van der Waals surface area contributed by atoms with Crippen molar-refractivity contribution in [2.75, 3.05) is 11.5 Å². The quantitative estimate of drug-likeness (QED) is 0.130. The minimum atomic E-state index is -0.907. The summed E-state index contributed by atoms with van der Waals surface area (Å²) in [7, 11) is 0. The van der Waals surface area contributed by atoms with E-state index in [4.69, 9.17) is 4.74 Å². The van der Waals surface area contributed by atoms with Crippen LogP contribution in [0, 0.1) is 12.7 Å². The van der Waals surface area contributed by atoms with Crippen molar-refractivity contribution in [2.24, 2.45) is 0 Å². The molecule has 5 rings (SSSR count). The molecule has 1 aliphatic rings. The number of thiazole rings is 1. The summed E-state index contributed by atoms with van der Waals surface area (Å²) in [6.45, 7) is 4.54. The molecular formula is C29H25FN2O4S. The molecule has 1 fully saturated rings. The average molecular weight is 517 g/mol. The summed E-state index contributed by atoms with van der Waals surface area (Å²) in [6.07, 6.45) is 1.87. The van der Waals surface area contributed by atoms with Gasteiger partial charge >= 0.3 is 5.91 Å². The third-order valence-electron chi connectivity index (χ3n) is 6.26. The molecule has 0 aliphatic carbocycles. The number of hydrogen-bond acceptors (Lipinski definition) is 6. The van der Waals surface area contributed by atoms with Crippen molar-refractivity contribution in [3.05, 3.63) is 94.8 Å². The number of aromatic nitrogens is 1. The van der Waals surface area contributed by atoms with Crippen LogP contribution in [0.2, 0.25) is 0 Å². The van der Waals surface area contributed by atoms with Crippen molar-refractivity contribution < 1.29 is 23.8 Å². The van der Waals surface area contributed by atoms with E-state index in [-0.39, 0.29) is 16.5 Å². The number of benzene rings is 3. The zero-order valence-corrected chi connectivity index (χ0v) is 21.2. The lowest BCUT2D eigenvalue weighted by atomic mass is 9.95. The number of aliphatic hydroxyl groups is 1. The molecule has 1 saturated heterocycles. The molecular weight excluding hydrogens is 491 g/mol. The zero-order chi connectivity index (χ0) is 26.1. The van der Waals surface area contributed by atoms with Gasteiger partial charge in [0.05, 0.1) is 28.4 Å². The molecule has 8 heteroatoms. The predicted molar refractivity (Wildman–Crippen MR) is 142 cm³/mol. The molecule has 4 aromatic rings. The number of hydrogen-bond donors (Lipinski definition) is 1. The number of carbonyl (C=O) groups is 2. The van der Waals surface area contributed by atoms with Gasteiger partial charge in [-0.25, -0.2) is 9.37 Å². The van der Waals surface area contributed by atoms with Gasteiger partial charge in [0.2, 0.25) is 0 Å². The van der Waals surface area contributed by atoms with E-state index in [2.05, 4.69) is 11.9 Å². The van der Waals surface area contributed by atoms with Gasteiger partial charge in [-0.05, 0) is 49.2 Å². The van der Waals surface area contributed by atoms with Crippen molar-refractivity contribution in [3.8, 4) is 5.75 Å². The Bertz CT molecular complexity index is 1530. The van der Waals surface area contributed by atoms with Crippen LogP contribution < -0.4 is 9.64 Å². The Balaban J connectivity index is 1.64. The van der Waals surface area contributed by atoms with Crippen LogP contribution in [0.25, 0.3) is 16.0 Å². The fraction of sp³-hybridized carbons (Fsp3) is 0.207. The summed E-state index contributed by atoms with van der Waals surface area (Å²) in [5.74, 6) is -1.76. The second-order valence-electron chi connectivity index (χ2n) is 8.92. The second-order valence-corrected chi connectivity index (χ2v) is 9.93. The fourth-order valence-corrected chi connectivity index (χ4v) is 5.32. The van der Waals surface area contributed by atoms with E-state index < -0.39 is 23.5 Å². The van der Waals surface area contributed by atoms with Gasteiger partial charge < -0.3 is 9.84 Å². The number of anilines is 1. The number of aliphatic hydroxyl groups excluding tert-OH is 1. The molecule has 0 saturated carbocycles. The Morgan fingerprint density at radius 1 is 1.11 bits per heavy atom. The average Bonchev–Trinajstić information content (AvgIpc) is 3.42. The molecule has 1 aliphatic heterocycles. The highest BCUT2D eigenvalue weighted by atomic mass is 32.1. The standard InChI is InChI=1S/C29H25FN2O4S/c1-3-4-14-36-21-7-5-6-19(15-21)26(33)24-25(18-10-8-17(2)9-11-18)32(28(35)27(24)34)29-31-22-13-12-20(30)16-23(22)37-29/h5-13,15-16,25,33H,3-4,14H2,1-2H3. The number of nitrogens with zero attached hydrogens (tertiary/aromatic N) is 2. The minimum absolute atomic E-state index is 0.0370. The summed E-state index contributed by atoms with van der Waals surface area (Å²) in [4.78, 5) is 32.6. The van der Waals surface area contributed by atoms with Gasteiger partial charge in [0.15, 0.2) is 5.13 Å². The van der Waals surface area contributed by atoms with Crippen LogP contribution in [0.4, 0.5) is 9.52 Å². The van der Waals surface area contributed by atoms with Crippen molar-refractivity contribution in [1.82, 2.24) is 4.98 Å². The van der Waals surface area contributed by atoms with Crippen molar-refractivity contribution >= 4 is 44.1 Å². The van der Waals surface area contributed by atoms with E-state index in [1.807, 2.05) is 31.2 Å². The molecule has 1 amide bonds. The maximum absolute atomic E-state index is 13.8. The lowest BCUT2D eigenvalue weighted by molar-refractivity contribution is -0.132. The molecule has 3 aromatic carbocycles. The van der Waals surface area contributed by atoms with E-state index in [0.29, 0.717) is 33.7 Å². The topological polar surface area (TPSA) is 79.7 Å².